The van der Waals surface area contributed by atoms with Crippen molar-refractivity contribution in [3.8, 4) is 5.75 Å². The van der Waals surface area contributed by atoms with Gasteiger partial charge in [0.15, 0.2) is 0 Å². The van der Waals surface area contributed by atoms with Crippen LogP contribution in [0.25, 0.3) is 0 Å². The Kier molecular flexibility index (Phi) is 4.41. The highest BCUT2D eigenvalue weighted by Gasteiger charge is 2.32. The summed E-state index contributed by atoms with van der Waals surface area (Å²) in [5.41, 5.74) is 1.05. The minimum atomic E-state index is -0.732. The van der Waals surface area contributed by atoms with Crippen LogP contribution in [0.4, 0.5) is 0 Å². The third-order valence-electron chi connectivity index (χ3n) is 4.19. The van der Waals surface area contributed by atoms with E-state index in [0.717, 1.165) is 30.8 Å². The molecule has 0 spiro atoms. The molecule has 2 aliphatic heterocycles. The number of hydrogen-bond acceptors (Lipinski definition) is 4. The predicted molar refractivity (Wildman–Crippen MR) is 77.4 cm³/mol. The molecule has 0 aromatic heterocycles. The number of carbonyl (C=O) groups is 1. The summed E-state index contributed by atoms with van der Waals surface area (Å²) < 4.78 is 11.5. The van der Waals surface area contributed by atoms with E-state index in [0.29, 0.717) is 19.6 Å². The highest BCUT2D eigenvalue weighted by atomic mass is 16.5. The molecule has 114 valence electrons. The number of nitrogens with one attached hydrogen (secondary N) is 1. The molecule has 2 N–H and O–H groups in total. The van der Waals surface area contributed by atoms with Crippen molar-refractivity contribution in [1.82, 2.24) is 5.32 Å². The molecule has 3 unspecified atom stereocenters. The van der Waals surface area contributed by atoms with Crippen molar-refractivity contribution in [2.24, 2.45) is 5.92 Å². The standard InChI is InChI=1S/C16H21NO4/c18-16(19)11-8-14(17-9-11)13-5-1-2-6-15(13)21-12-4-3-7-20-10-12/h1-2,5-6,11-12,14,17H,3-4,7-10H2,(H,18,19). The van der Waals surface area contributed by atoms with Crippen molar-refractivity contribution in [2.45, 2.75) is 31.4 Å². The van der Waals surface area contributed by atoms with Crippen molar-refractivity contribution in [3.63, 3.8) is 0 Å². The normalized spacial score (nSPS) is 29.2. The molecule has 0 aliphatic carbocycles. The van der Waals surface area contributed by atoms with E-state index in [1.165, 1.54) is 0 Å². The molecule has 2 saturated heterocycles. The van der Waals surface area contributed by atoms with Gasteiger partial charge in [-0.05, 0) is 25.3 Å². The summed E-state index contributed by atoms with van der Waals surface area (Å²) in [6, 6.07) is 7.94. The van der Waals surface area contributed by atoms with Gasteiger partial charge in [-0.25, -0.2) is 0 Å². The number of para-hydroxylation sites is 1. The average Bonchev–Trinajstić information content (AvgIpc) is 2.99. The highest BCUT2D eigenvalue weighted by molar-refractivity contribution is 5.71. The summed E-state index contributed by atoms with van der Waals surface area (Å²) in [4.78, 5) is 11.1. The summed E-state index contributed by atoms with van der Waals surface area (Å²) in [5.74, 6) is -0.207. The van der Waals surface area contributed by atoms with Gasteiger partial charge in [-0.15, -0.1) is 0 Å². The Bertz CT molecular complexity index is 499. The van der Waals surface area contributed by atoms with Crippen LogP contribution in [0.1, 0.15) is 30.9 Å². The zero-order valence-electron chi connectivity index (χ0n) is 12.0. The van der Waals surface area contributed by atoms with Crippen molar-refractivity contribution < 1.29 is 19.4 Å². The number of benzene rings is 1. The van der Waals surface area contributed by atoms with Crippen LogP contribution in [0.3, 0.4) is 0 Å². The third kappa shape index (κ3) is 3.36. The highest BCUT2D eigenvalue weighted by Crippen LogP contribution is 2.34. The zero-order valence-corrected chi connectivity index (χ0v) is 12.0. The Morgan fingerprint density at radius 3 is 2.95 bits per heavy atom. The number of aliphatic carboxylic acids is 1. The fourth-order valence-corrected chi connectivity index (χ4v) is 3.02. The topological polar surface area (TPSA) is 67.8 Å². The van der Waals surface area contributed by atoms with Crippen LogP contribution >= 0.6 is 0 Å². The molecule has 2 aliphatic rings. The maximum absolute atomic E-state index is 11.1. The van der Waals surface area contributed by atoms with E-state index in [9.17, 15) is 4.79 Å². The molecule has 21 heavy (non-hydrogen) atoms. The molecule has 2 fully saturated rings. The number of carboxylic acid groups (broad SMARTS) is 1. The first-order valence-corrected chi connectivity index (χ1v) is 7.53. The molecule has 5 nitrogen and oxygen atoms in total. The van der Waals surface area contributed by atoms with Crippen molar-refractivity contribution in [3.05, 3.63) is 29.8 Å². The van der Waals surface area contributed by atoms with Gasteiger partial charge in [0.05, 0.1) is 12.5 Å². The molecule has 3 rings (SSSR count). The van der Waals surface area contributed by atoms with Crippen molar-refractivity contribution >= 4 is 5.97 Å². The Labute approximate surface area is 124 Å². The van der Waals surface area contributed by atoms with Crippen LogP contribution in [-0.2, 0) is 9.53 Å². The summed E-state index contributed by atoms with van der Waals surface area (Å²) in [6.45, 7) is 1.96. The van der Waals surface area contributed by atoms with Gasteiger partial charge in [0, 0.05) is 24.8 Å². The van der Waals surface area contributed by atoms with E-state index in [-0.39, 0.29) is 18.1 Å². The first kappa shape index (κ1) is 14.4. The second-order valence-electron chi connectivity index (χ2n) is 5.73. The molecule has 0 amide bonds. The maximum Gasteiger partial charge on any atom is 0.307 e. The lowest BCUT2D eigenvalue weighted by Crippen LogP contribution is -2.28. The van der Waals surface area contributed by atoms with Crippen molar-refractivity contribution in [2.75, 3.05) is 19.8 Å². The molecule has 3 atom stereocenters. The molecule has 1 aromatic carbocycles. The Morgan fingerprint density at radius 2 is 2.24 bits per heavy atom. The van der Waals surface area contributed by atoms with Crippen LogP contribution in [0, 0.1) is 5.92 Å². The second-order valence-corrected chi connectivity index (χ2v) is 5.73. The Balaban J connectivity index is 1.72. The van der Waals surface area contributed by atoms with Gasteiger partial charge in [-0.1, -0.05) is 18.2 Å². The van der Waals surface area contributed by atoms with E-state index in [2.05, 4.69) is 5.32 Å². The Hall–Kier alpha value is -1.59. The average molecular weight is 291 g/mol. The molecular formula is C16H21NO4. The largest absolute Gasteiger partial charge is 0.488 e. The SMILES string of the molecule is O=C(O)C1CNC(c2ccccc2OC2CCCOC2)C1. The summed E-state index contributed by atoms with van der Waals surface area (Å²) in [6.07, 6.45) is 2.73. The van der Waals surface area contributed by atoms with E-state index >= 15 is 0 Å². The number of ether oxygens (including phenoxy) is 2. The minimum absolute atomic E-state index is 0.0480. The summed E-state index contributed by atoms with van der Waals surface area (Å²) >= 11 is 0. The van der Waals surface area contributed by atoms with E-state index in [4.69, 9.17) is 14.6 Å². The van der Waals surface area contributed by atoms with Crippen LogP contribution < -0.4 is 10.1 Å². The van der Waals surface area contributed by atoms with Gasteiger partial charge in [0.2, 0.25) is 0 Å². The number of hydrogen-bond donors (Lipinski definition) is 2. The van der Waals surface area contributed by atoms with Gasteiger partial charge in [0.1, 0.15) is 11.9 Å². The van der Waals surface area contributed by atoms with Crippen LogP contribution in [0.2, 0.25) is 0 Å². The molecular weight excluding hydrogens is 270 g/mol. The lowest BCUT2D eigenvalue weighted by Gasteiger charge is -2.25. The molecule has 2 heterocycles. The minimum Gasteiger partial charge on any atom is -0.488 e. The molecule has 1 aromatic rings. The zero-order chi connectivity index (χ0) is 14.7. The fourth-order valence-electron chi connectivity index (χ4n) is 3.02. The molecule has 5 heteroatoms. The quantitative estimate of drug-likeness (QED) is 0.888. The predicted octanol–water partition coefficient (Wildman–Crippen LogP) is 1.98. The van der Waals surface area contributed by atoms with E-state index in [1.54, 1.807) is 0 Å². The summed E-state index contributed by atoms with van der Waals surface area (Å²) in [5, 5.41) is 12.4. The smallest absolute Gasteiger partial charge is 0.307 e. The van der Waals surface area contributed by atoms with Gasteiger partial charge < -0.3 is 19.9 Å². The monoisotopic (exact) mass is 291 g/mol. The Morgan fingerprint density at radius 1 is 1.38 bits per heavy atom. The first-order chi connectivity index (χ1) is 10.2. The molecule has 0 saturated carbocycles. The molecule has 0 bridgehead atoms. The van der Waals surface area contributed by atoms with Crippen LogP contribution in [0.5, 0.6) is 5.75 Å². The maximum atomic E-state index is 11.1. The second kappa shape index (κ2) is 6.45. The third-order valence-corrected chi connectivity index (χ3v) is 4.19. The lowest BCUT2D eigenvalue weighted by molar-refractivity contribution is -0.141. The summed E-state index contributed by atoms with van der Waals surface area (Å²) in [7, 11) is 0. The molecule has 0 radical (unpaired) electrons. The van der Waals surface area contributed by atoms with Gasteiger partial charge in [-0.3, -0.25) is 4.79 Å². The van der Waals surface area contributed by atoms with Gasteiger partial charge in [0.25, 0.3) is 0 Å². The fraction of sp³-hybridized carbons (Fsp3) is 0.562. The van der Waals surface area contributed by atoms with Gasteiger partial charge >= 0.3 is 5.97 Å². The van der Waals surface area contributed by atoms with Gasteiger partial charge in [-0.2, -0.15) is 0 Å². The van der Waals surface area contributed by atoms with E-state index in [1.807, 2.05) is 24.3 Å². The number of rotatable bonds is 4. The van der Waals surface area contributed by atoms with Crippen LogP contribution in [-0.4, -0.2) is 36.9 Å². The first-order valence-electron chi connectivity index (χ1n) is 7.53. The number of carboxylic acids is 1. The van der Waals surface area contributed by atoms with Crippen LogP contribution in [0.15, 0.2) is 24.3 Å². The lowest BCUT2D eigenvalue weighted by atomic mass is 9.99. The van der Waals surface area contributed by atoms with Crippen molar-refractivity contribution in [1.29, 1.82) is 0 Å². The van der Waals surface area contributed by atoms with E-state index < -0.39 is 5.97 Å².